The van der Waals surface area contributed by atoms with Crippen LogP contribution >= 0.6 is 0 Å². The normalized spacial score (nSPS) is 16.5. The summed E-state index contributed by atoms with van der Waals surface area (Å²) >= 11 is 0. The van der Waals surface area contributed by atoms with Gasteiger partial charge < -0.3 is 15.5 Å². The average molecular weight is 501 g/mol. The molecule has 1 saturated heterocycles. The van der Waals surface area contributed by atoms with Crippen molar-refractivity contribution in [2.45, 2.75) is 51.5 Å². The summed E-state index contributed by atoms with van der Waals surface area (Å²) in [5, 5.41) is 1.96. The SMILES string of the molecule is CCc1ccc(N(CC(C)C)S(=O)(=O)c2cc3c(c(C(N)=O)c2)N(CC2CCOCC2)NC3)cc1. The van der Waals surface area contributed by atoms with E-state index in [-0.39, 0.29) is 16.4 Å². The Morgan fingerprint density at radius 2 is 1.89 bits per heavy atom. The van der Waals surface area contributed by atoms with Crippen molar-refractivity contribution in [1.82, 2.24) is 5.43 Å². The van der Waals surface area contributed by atoms with Crippen LogP contribution in [0.4, 0.5) is 11.4 Å². The van der Waals surface area contributed by atoms with Crippen LogP contribution in [0.3, 0.4) is 0 Å². The van der Waals surface area contributed by atoms with Crippen molar-refractivity contribution in [3.05, 3.63) is 53.1 Å². The highest BCUT2D eigenvalue weighted by atomic mass is 32.2. The van der Waals surface area contributed by atoms with Crippen molar-refractivity contribution in [3.63, 3.8) is 0 Å². The number of aryl methyl sites for hydroxylation is 1. The van der Waals surface area contributed by atoms with Gasteiger partial charge in [0, 0.05) is 32.8 Å². The molecule has 35 heavy (non-hydrogen) atoms. The summed E-state index contributed by atoms with van der Waals surface area (Å²) in [5.41, 5.74) is 12.5. The Morgan fingerprint density at radius 3 is 2.49 bits per heavy atom. The molecule has 0 spiro atoms. The van der Waals surface area contributed by atoms with E-state index in [1.54, 1.807) is 6.07 Å². The molecule has 4 rings (SSSR count). The van der Waals surface area contributed by atoms with Crippen molar-refractivity contribution < 1.29 is 17.9 Å². The van der Waals surface area contributed by atoms with Crippen LogP contribution in [0.5, 0.6) is 0 Å². The monoisotopic (exact) mass is 500 g/mol. The molecule has 1 fully saturated rings. The van der Waals surface area contributed by atoms with Crippen molar-refractivity contribution in [3.8, 4) is 0 Å². The number of nitrogens with one attached hydrogen (secondary N) is 1. The standard InChI is InChI=1S/C26H36N4O4S/c1-4-19-5-7-22(8-6-19)30(16-18(2)3)35(32,33)23-13-21-15-28-29(17-20-9-11-34-12-10-20)25(21)24(14-23)26(27)31/h5-8,13-14,18,20,28H,4,9-12,15-17H2,1-3H3,(H2,27,31). The summed E-state index contributed by atoms with van der Waals surface area (Å²) in [7, 11) is -3.93. The number of hydrogen-bond donors (Lipinski definition) is 2. The number of nitrogens with zero attached hydrogens (tertiary/aromatic N) is 2. The third-order valence-electron chi connectivity index (χ3n) is 6.69. The molecule has 0 bridgehead atoms. The first-order valence-electron chi connectivity index (χ1n) is 12.4. The van der Waals surface area contributed by atoms with E-state index in [4.69, 9.17) is 10.5 Å². The van der Waals surface area contributed by atoms with Crippen LogP contribution in [0.1, 0.15) is 55.1 Å². The Balaban J connectivity index is 1.72. The zero-order valence-corrected chi connectivity index (χ0v) is 21.6. The molecule has 190 valence electrons. The van der Waals surface area contributed by atoms with Gasteiger partial charge in [-0.15, -0.1) is 0 Å². The number of amides is 1. The Labute approximate surface area is 208 Å². The van der Waals surface area contributed by atoms with Gasteiger partial charge in [0.05, 0.1) is 21.8 Å². The van der Waals surface area contributed by atoms with Gasteiger partial charge >= 0.3 is 0 Å². The second-order valence-corrected chi connectivity index (χ2v) is 11.7. The number of anilines is 2. The van der Waals surface area contributed by atoms with Gasteiger partial charge in [-0.3, -0.25) is 9.10 Å². The van der Waals surface area contributed by atoms with E-state index in [0.29, 0.717) is 36.9 Å². The topological polar surface area (TPSA) is 105 Å². The minimum Gasteiger partial charge on any atom is -0.381 e. The fourth-order valence-corrected chi connectivity index (χ4v) is 6.46. The highest BCUT2D eigenvalue weighted by Crippen LogP contribution is 2.35. The van der Waals surface area contributed by atoms with Crippen LogP contribution in [0, 0.1) is 11.8 Å². The number of carbonyl (C=O) groups excluding carboxylic acids is 1. The molecule has 2 aromatic carbocycles. The van der Waals surface area contributed by atoms with E-state index in [9.17, 15) is 13.2 Å². The van der Waals surface area contributed by atoms with Crippen molar-refractivity contribution >= 4 is 27.3 Å². The lowest BCUT2D eigenvalue weighted by atomic mass is 9.99. The summed E-state index contributed by atoms with van der Waals surface area (Å²) in [6.07, 6.45) is 2.78. The second-order valence-electron chi connectivity index (χ2n) is 9.79. The zero-order chi connectivity index (χ0) is 25.2. The van der Waals surface area contributed by atoms with Crippen LogP contribution in [-0.4, -0.2) is 40.6 Å². The summed E-state index contributed by atoms with van der Waals surface area (Å²) in [6.45, 7) is 8.98. The first-order chi connectivity index (χ1) is 16.7. The maximum Gasteiger partial charge on any atom is 0.264 e. The molecule has 9 heteroatoms. The maximum atomic E-state index is 13.9. The Kier molecular flexibility index (Phi) is 7.68. The Morgan fingerprint density at radius 1 is 1.20 bits per heavy atom. The third-order valence-corrected chi connectivity index (χ3v) is 8.46. The number of sulfonamides is 1. The highest BCUT2D eigenvalue weighted by molar-refractivity contribution is 7.92. The van der Waals surface area contributed by atoms with Gasteiger partial charge in [-0.25, -0.2) is 13.8 Å². The molecule has 8 nitrogen and oxygen atoms in total. The predicted octanol–water partition coefficient (Wildman–Crippen LogP) is 3.45. The van der Waals surface area contributed by atoms with E-state index < -0.39 is 15.9 Å². The average Bonchev–Trinajstić information content (AvgIpc) is 3.25. The second kappa shape index (κ2) is 10.6. The van der Waals surface area contributed by atoms with Crippen LogP contribution < -0.4 is 20.5 Å². The number of nitrogens with two attached hydrogens (primary N) is 1. The lowest BCUT2D eigenvalue weighted by molar-refractivity contribution is 0.0677. The summed E-state index contributed by atoms with van der Waals surface area (Å²) in [4.78, 5) is 12.6. The molecular weight excluding hydrogens is 464 g/mol. The van der Waals surface area contributed by atoms with Crippen LogP contribution in [0.25, 0.3) is 0 Å². The largest absolute Gasteiger partial charge is 0.381 e. The van der Waals surface area contributed by atoms with Gasteiger partial charge in [-0.05, 0) is 66.5 Å². The first-order valence-corrected chi connectivity index (χ1v) is 13.8. The number of carbonyl (C=O) groups is 1. The van der Waals surface area contributed by atoms with E-state index in [1.165, 1.54) is 10.4 Å². The van der Waals surface area contributed by atoms with Crippen LogP contribution in [0.2, 0.25) is 0 Å². The van der Waals surface area contributed by atoms with E-state index in [1.807, 2.05) is 43.1 Å². The number of fused-ring (bicyclic) bond motifs is 1. The van der Waals surface area contributed by atoms with Gasteiger partial charge in [0.2, 0.25) is 0 Å². The zero-order valence-electron chi connectivity index (χ0n) is 20.8. The number of hydrogen-bond acceptors (Lipinski definition) is 6. The molecule has 0 saturated carbocycles. The quantitative estimate of drug-likeness (QED) is 0.546. The molecule has 2 aromatic rings. The number of rotatable bonds is 9. The minimum atomic E-state index is -3.93. The molecular formula is C26H36N4O4S. The Hall–Kier alpha value is -2.62. The number of primary amides is 1. The van der Waals surface area contributed by atoms with Gasteiger partial charge in [-0.2, -0.15) is 0 Å². The molecule has 0 aliphatic carbocycles. The fraction of sp³-hybridized carbons (Fsp3) is 0.500. The van der Waals surface area contributed by atoms with Crippen molar-refractivity contribution in [1.29, 1.82) is 0 Å². The van der Waals surface area contributed by atoms with E-state index >= 15 is 0 Å². The first kappa shape index (κ1) is 25.5. The molecule has 0 aromatic heterocycles. The lowest BCUT2D eigenvalue weighted by Gasteiger charge is -2.29. The summed E-state index contributed by atoms with van der Waals surface area (Å²) < 4.78 is 34.7. The van der Waals surface area contributed by atoms with E-state index in [0.717, 1.165) is 43.6 Å². The third kappa shape index (κ3) is 5.47. The summed E-state index contributed by atoms with van der Waals surface area (Å²) in [6, 6.07) is 10.7. The van der Waals surface area contributed by atoms with Crippen molar-refractivity contribution in [2.75, 3.05) is 35.6 Å². The summed E-state index contributed by atoms with van der Waals surface area (Å²) in [5.74, 6) is -0.0991. The number of ether oxygens (including phenoxy) is 1. The van der Waals surface area contributed by atoms with Crippen LogP contribution in [0.15, 0.2) is 41.3 Å². The van der Waals surface area contributed by atoms with Gasteiger partial charge in [0.1, 0.15) is 0 Å². The predicted molar refractivity (Wildman–Crippen MR) is 138 cm³/mol. The molecule has 2 heterocycles. The molecule has 0 atom stereocenters. The van der Waals surface area contributed by atoms with Gasteiger partial charge in [0.25, 0.3) is 15.9 Å². The van der Waals surface area contributed by atoms with Crippen molar-refractivity contribution in [2.24, 2.45) is 17.6 Å². The van der Waals surface area contributed by atoms with E-state index in [2.05, 4.69) is 12.3 Å². The molecule has 0 unspecified atom stereocenters. The fourth-order valence-electron chi connectivity index (χ4n) is 4.76. The number of hydrazine groups is 1. The smallest absolute Gasteiger partial charge is 0.264 e. The molecule has 2 aliphatic heterocycles. The lowest BCUT2D eigenvalue weighted by Crippen LogP contribution is -2.39. The molecule has 3 N–H and O–H groups in total. The van der Waals surface area contributed by atoms with Crippen LogP contribution in [-0.2, 0) is 27.7 Å². The van der Waals surface area contributed by atoms with Gasteiger partial charge in [-0.1, -0.05) is 32.9 Å². The van der Waals surface area contributed by atoms with Gasteiger partial charge in [0.15, 0.2) is 0 Å². The molecule has 1 amide bonds. The highest BCUT2D eigenvalue weighted by Gasteiger charge is 2.33. The molecule has 2 aliphatic rings. The minimum absolute atomic E-state index is 0.0833. The Bertz CT molecular complexity index is 1160. The molecule has 0 radical (unpaired) electrons. The number of benzene rings is 2. The maximum absolute atomic E-state index is 13.9.